The van der Waals surface area contributed by atoms with Crippen molar-refractivity contribution in [3.05, 3.63) is 88.8 Å². The Morgan fingerprint density at radius 1 is 1.07 bits per heavy atom. The van der Waals surface area contributed by atoms with Crippen molar-refractivity contribution in [3.63, 3.8) is 0 Å². The molecule has 10 heteroatoms. The van der Waals surface area contributed by atoms with Crippen LogP contribution in [0, 0.1) is 23.1 Å². The Morgan fingerprint density at radius 3 is 2.45 bits per heavy atom. The zero-order valence-electron chi connectivity index (χ0n) is 22.0. The van der Waals surface area contributed by atoms with Gasteiger partial charge in [-0.1, -0.05) is 35.9 Å². The third-order valence-electron chi connectivity index (χ3n) is 7.76. The summed E-state index contributed by atoms with van der Waals surface area (Å²) < 4.78 is 19.5. The maximum Gasteiger partial charge on any atom is 0.415 e. The zero-order valence-corrected chi connectivity index (χ0v) is 22.8. The highest BCUT2D eigenvalue weighted by molar-refractivity contribution is 6.30. The largest absolute Gasteiger partial charge is 0.415 e. The van der Waals surface area contributed by atoms with Gasteiger partial charge in [0.15, 0.2) is 11.6 Å². The Bertz CT molecular complexity index is 1400. The second-order valence-corrected chi connectivity index (χ2v) is 10.6. The van der Waals surface area contributed by atoms with Crippen LogP contribution >= 0.6 is 11.6 Å². The number of pyridine rings is 1. The minimum Gasteiger partial charge on any atom is -0.407 e. The minimum absolute atomic E-state index is 0.0600. The highest BCUT2D eigenvalue weighted by atomic mass is 35.5. The lowest BCUT2D eigenvalue weighted by Crippen LogP contribution is -2.45. The topological polar surface area (TPSA) is 89.8 Å². The highest BCUT2D eigenvalue weighted by Crippen LogP contribution is 2.34. The molecule has 2 amide bonds. The predicted octanol–water partition coefficient (Wildman–Crippen LogP) is 5.09. The number of nitrogens with zero attached hydrogens (tertiary/aromatic N) is 5. The molecule has 0 bridgehead atoms. The molecule has 2 fully saturated rings. The van der Waals surface area contributed by atoms with Gasteiger partial charge in [-0.3, -0.25) is 4.79 Å². The van der Waals surface area contributed by atoms with E-state index < -0.39 is 11.9 Å². The molecule has 0 saturated carbocycles. The van der Waals surface area contributed by atoms with Crippen LogP contribution in [0.2, 0.25) is 5.02 Å². The van der Waals surface area contributed by atoms with Crippen LogP contribution in [-0.4, -0.2) is 66.1 Å². The van der Waals surface area contributed by atoms with Gasteiger partial charge in [-0.25, -0.2) is 14.2 Å². The Kier molecular flexibility index (Phi) is 8.17. The van der Waals surface area contributed by atoms with Crippen molar-refractivity contribution in [2.24, 2.45) is 5.92 Å². The molecule has 0 radical (unpaired) electrons. The Morgan fingerprint density at radius 2 is 1.80 bits per heavy atom. The highest BCUT2D eigenvalue weighted by Gasteiger charge is 2.42. The Labute approximate surface area is 237 Å². The first-order valence-electron chi connectivity index (χ1n) is 13.2. The van der Waals surface area contributed by atoms with Crippen LogP contribution in [0.25, 0.3) is 0 Å². The van der Waals surface area contributed by atoms with Crippen LogP contribution in [0.1, 0.15) is 29.9 Å². The van der Waals surface area contributed by atoms with Gasteiger partial charge >= 0.3 is 6.09 Å². The summed E-state index contributed by atoms with van der Waals surface area (Å²) in [5.41, 5.74) is 1.47. The van der Waals surface area contributed by atoms with E-state index in [2.05, 4.69) is 16.0 Å². The maximum atomic E-state index is 14.1. The molecule has 40 heavy (non-hydrogen) atoms. The van der Waals surface area contributed by atoms with E-state index in [1.165, 1.54) is 23.1 Å². The van der Waals surface area contributed by atoms with E-state index in [0.717, 1.165) is 11.4 Å². The summed E-state index contributed by atoms with van der Waals surface area (Å²) in [6.45, 7) is 2.15. The van der Waals surface area contributed by atoms with Crippen LogP contribution in [0.3, 0.4) is 0 Å². The summed E-state index contributed by atoms with van der Waals surface area (Å²) in [5.74, 6) is -0.216. The smallest absolute Gasteiger partial charge is 0.407 e. The van der Waals surface area contributed by atoms with Gasteiger partial charge < -0.3 is 19.4 Å². The lowest BCUT2D eigenvalue weighted by molar-refractivity contribution is -0.135. The lowest BCUT2D eigenvalue weighted by atomic mass is 9.93. The van der Waals surface area contributed by atoms with Crippen molar-refractivity contribution >= 4 is 29.4 Å². The monoisotopic (exact) mass is 561 g/mol. The second-order valence-electron chi connectivity index (χ2n) is 10.2. The maximum absolute atomic E-state index is 14.1. The first-order chi connectivity index (χ1) is 19.3. The normalized spacial score (nSPS) is 19.2. The van der Waals surface area contributed by atoms with E-state index in [4.69, 9.17) is 21.6 Å². The molecule has 5 rings (SSSR count). The number of carbonyl (C=O) groups excluding carboxylic acids is 2. The third-order valence-corrected chi connectivity index (χ3v) is 8.02. The number of likely N-dealkylation sites (tertiary alicyclic amines) is 1. The fourth-order valence-electron chi connectivity index (χ4n) is 5.48. The van der Waals surface area contributed by atoms with Crippen molar-refractivity contribution in [1.82, 2.24) is 14.8 Å². The number of rotatable bonds is 5. The van der Waals surface area contributed by atoms with Crippen LogP contribution in [0.4, 0.5) is 15.0 Å². The van der Waals surface area contributed by atoms with E-state index in [1.54, 1.807) is 37.5 Å². The molecule has 2 atom stereocenters. The number of ether oxygens (including phenoxy) is 1. The van der Waals surface area contributed by atoms with Gasteiger partial charge in [-0.05, 0) is 54.8 Å². The van der Waals surface area contributed by atoms with Gasteiger partial charge in [0, 0.05) is 56.3 Å². The van der Waals surface area contributed by atoms with E-state index >= 15 is 0 Å². The van der Waals surface area contributed by atoms with Gasteiger partial charge in [-0.15, -0.1) is 0 Å². The van der Waals surface area contributed by atoms with Crippen LogP contribution in [0.5, 0.6) is 5.75 Å². The van der Waals surface area contributed by atoms with Gasteiger partial charge in [0.25, 0.3) is 0 Å². The summed E-state index contributed by atoms with van der Waals surface area (Å²) in [6.07, 6.45) is 2.23. The quantitative estimate of drug-likeness (QED) is 0.431. The SMILES string of the molecule is CN(C(=O)Oc1ccccc1F)[C@@H]1CN(C(=O)C2CCN(c3ccc(C#N)cn3)CC2)C[C@H]1c1ccc(Cl)cc1. The fourth-order valence-corrected chi connectivity index (χ4v) is 5.60. The van der Waals surface area contributed by atoms with Crippen molar-refractivity contribution in [2.45, 2.75) is 24.8 Å². The molecule has 3 heterocycles. The summed E-state index contributed by atoms with van der Waals surface area (Å²) >= 11 is 6.12. The predicted molar refractivity (Wildman–Crippen MR) is 149 cm³/mol. The number of aromatic nitrogens is 1. The van der Waals surface area contributed by atoms with Crippen molar-refractivity contribution < 1.29 is 18.7 Å². The van der Waals surface area contributed by atoms with Gasteiger partial charge in [0.2, 0.25) is 5.91 Å². The number of carbonyl (C=O) groups is 2. The molecule has 1 aromatic heterocycles. The first-order valence-corrected chi connectivity index (χ1v) is 13.6. The molecule has 0 spiro atoms. The molecule has 0 N–H and O–H groups in total. The molecule has 0 aliphatic carbocycles. The van der Waals surface area contributed by atoms with Gasteiger partial charge in [0.1, 0.15) is 11.9 Å². The molecule has 8 nitrogen and oxygen atoms in total. The molecule has 2 aliphatic rings. The number of piperidine rings is 1. The van der Waals surface area contributed by atoms with Crippen LogP contribution in [-0.2, 0) is 4.79 Å². The number of hydrogen-bond acceptors (Lipinski definition) is 6. The zero-order chi connectivity index (χ0) is 28.2. The van der Waals surface area contributed by atoms with Crippen LogP contribution in [0.15, 0.2) is 66.9 Å². The summed E-state index contributed by atoms with van der Waals surface area (Å²) in [4.78, 5) is 36.5. The molecule has 206 valence electrons. The molecule has 3 aromatic rings. The van der Waals surface area contributed by atoms with Crippen molar-refractivity contribution in [3.8, 4) is 11.8 Å². The molecular weight excluding hydrogens is 533 g/mol. The molecular formula is C30H29ClFN5O3. The number of halogens is 2. The molecule has 2 saturated heterocycles. The molecule has 0 unspecified atom stereocenters. The number of nitriles is 1. The number of hydrogen-bond donors (Lipinski definition) is 0. The van der Waals surface area contributed by atoms with Crippen molar-refractivity contribution in [2.75, 3.05) is 38.1 Å². The molecule has 2 aliphatic heterocycles. The number of anilines is 1. The van der Waals surface area contributed by atoms with Gasteiger partial charge in [0.05, 0.1) is 11.6 Å². The molecule has 2 aromatic carbocycles. The van der Waals surface area contributed by atoms with E-state index in [9.17, 15) is 14.0 Å². The van der Waals surface area contributed by atoms with Crippen LogP contribution < -0.4 is 9.64 Å². The standard InChI is InChI=1S/C30H29ClFN5O3/c1-35(30(39)40-27-5-3-2-4-25(27)32)26-19-37(18-24(26)21-7-9-23(31)10-8-21)29(38)22-12-14-36(15-13-22)28-11-6-20(16-33)17-34-28/h2-11,17,22,24,26H,12-15,18-19H2,1H3/t24-,26+/m0/s1. The first kappa shape index (κ1) is 27.4. The number of benzene rings is 2. The number of likely N-dealkylation sites (N-methyl/N-ethyl adjacent to an activating group) is 1. The Balaban J connectivity index is 1.28. The summed E-state index contributed by atoms with van der Waals surface area (Å²) in [7, 11) is 1.62. The minimum atomic E-state index is -0.688. The second kappa shape index (κ2) is 11.9. The Hall–Kier alpha value is -4.16. The number of para-hydroxylation sites is 1. The van der Waals surface area contributed by atoms with E-state index in [1.807, 2.05) is 23.1 Å². The fraction of sp³-hybridized carbons (Fsp3) is 0.333. The number of amides is 2. The van der Waals surface area contributed by atoms with Gasteiger partial charge in [-0.2, -0.15) is 5.26 Å². The average Bonchev–Trinajstić information content (AvgIpc) is 3.43. The summed E-state index contributed by atoms with van der Waals surface area (Å²) in [5, 5.41) is 9.61. The average molecular weight is 562 g/mol. The lowest BCUT2D eigenvalue weighted by Gasteiger charge is -2.34. The summed E-state index contributed by atoms with van der Waals surface area (Å²) in [6, 6.07) is 18.5. The van der Waals surface area contributed by atoms with Crippen molar-refractivity contribution in [1.29, 1.82) is 5.26 Å². The van der Waals surface area contributed by atoms with E-state index in [-0.39, 0.29) is 29.5 Å². The van der Waals surface area contributed by atoms with E-state index in [0.29, 0.717) is 49.6 Å². The third kappa shape index (κ3) is 5.87.